The zero-order valence-electron chi connectivity index (χ0n) is 47.9. The van der Waals surface area contributed by atoms with Crippen LogP contribution in [0.15, 0.2) is 237 Å². The molecule has 0 aliphatic carbocycles. The zero-order chi connectivity index (χ0) is 55.0. The predicted octanol–water partition coefficient (Wildman–Crippen LogP) is 18.8. The lowest BCUT2D eigenvalue weighted by Crippen LogP contribution is -2.61. The van der Waals surface area contributed by atoms with E-state index in [-0.39, 0.29) is 28.4 Å². The summed E-state index contributed by atoms with van der Waals surface area (Å²) in [4.78, 5) is 7.73. The Labute approximate surface area is 471 Å². The fraction of sp³-hybridized carbons (Fsp3) is 0.200. The molecule has 0 saturated carbocycles. The van der Waals surface area contributed by atoms with E-state index < -0.39 is 0 Å². The number of rotatable bonds is 9. The number of hydrogen-bond acceptors (Lipinski definition) is 3. The largest absolute Gasteiger partial charge is 0.311 e. The topological polar surface area (TPSA) is 9.72 Å². The lowest BCUT2D eigenvalue weighted by Gasteiger charge is -2.46. The quantitative estimate of drug-likeness (QED) is 0.133. The summed E-state index contributed by atoms with van der Waals surface area (Å²) in [6, 6.07) is 89.2. The van der Waals surface area contributed by atoms with Gasteiger partial charge in [-0.25, -0.2) is 0 Å². The molecule has 10 aromatic rings. The summed E-state index contributed by atoms with van der Waals surface area (Å²) in [6.45, 7) is 25.6. The van der Waals surface area contributed by atoms with Crippen LogP contribution in [0.3, 0.4) is 0 Å². The third kappa shape index (κ3) is 9.25. The molecule has 0 N–H and O–H groups in total. The molecule has 0 spiro atoms. The van der Waals surface area contributed by atoms with E-state index in [1.165, 1.54) is 77.8 Å². The SMILES string of the molecule is CC(C)(C)c1ccc2c(c1)B1c3ccc(C(C)(C)c4ccccc4)cc3N(c3ccc(C(C)(C)C)cc3-c3ccccc3)c3cc(N(c4ccccc4)c4ccccc4)cc(c31)N2c1ccc(C(C)(C)C)cc1-c1ccccc1. The van der Waals surface area contributed by atoms with Crippen LogP contribution in [-0.2, 0) is 21.7 Å². The maximum atomic E-state index is 2.65. The van der Waals surface area contributed by atoms with Gasteiger partial charge in [0.25, 0.3) is 6.71 Å². The fourth-order valence-electron chi connectivity index (χ4n) is 12.2. The second-order valence-electron chi connectivity index (χ2n) is 25.5. The first-order chi connectivity index (χ1) is 37.9. The van der Waals surface area contributed by atoms with Crippen LogP contribution in [0.2, 0.25) is 0 Å². The van der Waals surface area contributed by atoms with Crippen LogP contribution in [0.25, 0.3) is 22.3 Å². The van der Waals surface area contributed by atoms with Crippen LogP contribution >= 0.6 is 0 Å². The Kier molecular flexibility index (Phi) is 12.7. The first-order valence-corrected chi connectivity index (χ1v) is 28.3. The smallest absolute Gasteiger partial charge is 0.252 e. The normalized spacial score (nSPS) is 13.2. The molecule has 10 aromatic carbocycles. The highest BCUT2D eigenvalue weighted by Gasteiger charge is 2.46. The minimum absolute atomic E-state index is 0.0728. The Morgan fingerprint density at radius 3 is 1.14 bits per heavy atom. The Balaban J connectivity index is 1.27. The number of fused-ring (bicyclic) bond motifs is 4. The van der Waals surface area contributed by atoms with Gasteiger partial charge >= 0.3 is 0 Å². The highest BCUT2D eigenvalue weighted by Crippen LogP contribution is 2.52. The molecule has 0 saturated heterocycles. The molecule has 4 heteroatoms. The van der Waals surface area contributed by atoms with E-state index in [9.17, 15) is 0 Å². The number of anilines is 9. The van der Waals surface area contributed by atoms with Crippen molar-refractivity contribution >= 4 is 74.3 Å². The molecule has 0 unspecified atom stereocenters. The lowest BCUT2D eigenvalue weighted by atomic mass is 9.33. The first-order valence-electron chi connectivity index (χ1n) is 28.3. The highest BCUT2D eigenvalue weighted by atomic mass is 15.2. The van der Waals surface area contributed by atoms with E-state index >= 15 is 0 Å². The molecule has 390 valence electrons. The van der Waals surface area contributed by atoms with Crippen LogP contribution in [0, 0.1) is 0 Å². The lowest BCUT2D eigenvalue weighted by molar-refractivity contribution is 0.590. The van der Waals surface area contributed by atoms with Crippen LogP contribution in [-0.4, -0.2) is 6.71 Å². The average Bonchev–Trinajstić information content (AvgIpc) is 3.34. The summed E-state index contributed by atoms with van der Waals surface area (Å²) in [6.07, 6.45) is 0. The van der Waals surface area contributed by atoms with Crippen molar-refractivity contribution in [2.24, 2.45) is 0 Å². The minimum Gasteiger partial charge on any atom is -0.311 e. The van der Waals surface area contributed by atoms with E-state index in [1.807, 2.05) is 0 Å². The molecule has 0 radical (unpaired) electrons. The first kappa shape index (κ1) is 51.4. The van der Waals surface area contributed by atoms with E-state index in [0.29, 0.717) is 0 Å². The predicted molar refractivity (Wildman–Crippen MR) is 341 cm³/mol. The Morgan fingerprint density at radius 1 is 0.291 bits per heavy atom. The molecule has 3 nitrogen and oxygen atoms in total. The Morgan fingerprint density at radius 2 is 0.684 bits per heavy atom. The van der Waals surface area contributed by atoms with E-state index in [0.717, 1.165) is 39.8 Å². The molecule has 0 amide bonds. The van der Waals surface area contributed by atoms with Crippen LogP contribution in [0.5, 0.6) is 0 Å². The minimum atomic E-state index is -0.307. The second-order valence-corrected chi connectivity index (χ2v) is 25.5. The average molecular weight is 1030 g/mol. The maximum Gasteiger partial charge on any atom is 0.252 e. The molecule has 79 heavy (non-hydrogen) atoms. The van der Waals surface area contributed by atoms with Gasteiger partial charge in [0.1, 0.15) is 0 Å². The Bertz CT molecular complexity index is 3830. The van der Waals surface area contributed by atoms with Gasteiger partial charge in [0.05, 0.1) is 17.1 Å². The van der Waals surface area contributed by atoms with Gasteiger partial charge in [0.15, 0.2) is 0 Å². The van der Waals surface area contributed by atoms with Crippen molar-refractivity contribution in [1.29, 1.82) is 0 Å². The standard InChI is InChI=1S/C75H72BN3/c1-72(2,3)54-38-42-65(61(45-54)51-27-17-12-18-28-51)78-67-44-40-56(74(7,8)9)47-64(67)76-63-41-37-57(75(10,11)53-31-21-14-22-32-53)48-68(63)79(66-43-39-55(73(4,5)6)46-62(66)52-29-19-13-20-30-52)70-50-60(49-69(78)71(70)76)77(58-33-23-15-24-34-58)59-35-25-16-26-36-59/h12-50H,1-11H3. The second kappa shape index (κ2) is 19.5. The third-order valence-corrected chi connectivity index (χ3v) is 16.8. The monoisotopic (exact) mass is 1030 g/mol. The van der Waals surface area contributed by atoms with Gasteiger partial charge in [-0.1, -0.05) is 240 Å². The van der Waals surface area contributed by atoms with Crippen molar-refractivity contribution in [3.05, 3.63) is 264 Å². The summed E-state index contributed by atoms with van der Waals surface area (Å²) >= 11 is 0. The molecule has 0 fully saturated rings. The highest BCUT2D eigenvalue weighted by molar-refractivity contribution is 7.00. The molecule has 2 aliphatic heterocycles. The molecule has 0 bridgehead atoms. The third-order valence-electron chi connectivity index (χ3n) is 16.8. The van der Waals surface area contributed by atoms with Crippen LogP contribution in [0.1, 0.15) is 104 Å². The molecule has 2 aliphatic rings. The summed E-state index contributed by atoms with van der Waals surface area (Å²) in [5, 5.41) is 0. The number of nitrogens with zero attached hydrogens (tertiary/aromatic N) is 3. The fourth-order valence-corrected chi connectivity index (χ4v) is 12.2. The van der Waals surface area contributed by atoms with Gasteiger partial charge in [0.2, 0.25) is 0 Å². The van der Waals surface area contributed by atoms with Gasteiger partial charge in [0, 0.05) is 50.7 Å². The molecule has 12 rings (SSSR count). The van der Waals surface area contributed by atoms with Crippen LogP contribution in [0.4, 0.5) is 51.2 Å². The summed E-state index contributed by atoms with van der Waals surface area (Å²) in [7, 11) is 0. The van der Waals surface area contributed by atoms with Gasteiger partial charge in [-0.2, -0.15) is 0 Å². The molecule has 0 aromatic heterocycles. The molecule has 2 heterocycles. The molecular formula is C75H72BN3. The van der Waals surface area contributed by atoms with Crippen molar-refractivity contribution in [2.75, 3.05) is 14.7 Å². The van der Waals surface area contributed by atoms with Crippen molar-refractivity contribution in [2.45, 2.75) is 97.8 Å². The van der Waals surface area contributed by atoms with E-state index in [1.54, 1.807) is 0 Å². The number of benzene rings is 10. The maximum absolute atomic E-state index is 2.65. The zero-order valence-corrected chi connectivity index (χ0v) is 47.9. The summed E-state index contributed by atoms with van der Waals surface area (Å²) in [5.41, 5.74) is 24.7. The summed E-state index contributed by atoms with van der Waals surface area (Å²) in [5.74, 6) is 0. The number of para-hydroxylation sites is 2. The van der Waals surface area contributed by atoms with E-state index in [4.69, 9.17) is 0 Å². The van der Waals surface area contributed by atoms with Crippen LogP contribution < -0.4 is 31.1 Å². The van der Waals surface area contributed by atoms with Crippen molar-refractivity contribution < 1.29 is 0 Å². The summed E-state index contributed by atoms with van der Waals surface area (Å²) < 4.78 is 0. The van der Waals surface area contributed by atoms with Gasteiger partial charge in [-0.05, 0) is 144 Å². The molecular weight excluding hydrogens is 954 g/mol. The number of hydrogen-bond donors (Lipinski definition) is 0. The Hall–Kier alpha value is -8.34. The van der Waals surface area contributed by atoms with Crippen molar-refractivity contribution in [3.63, 3.8) is 0 Å². The molecule has 0 atom stereocenters. The van der Waals surface area contributed by atoms with Gasteiger partial charge < -0.3 is 14.7 Å². The van der Waals surface area contributed by atoms with Gasteiger partial charge in [-0.15, -0.1) is 0 Å². The van der Waals surface area contributed by atoms with Gasteiger partial charge in [-0.3, -0.25) is 0 Å². The van der Waals surface area contributed by atoms with Crippen molar-refractivity contribution in [1.82, 2.24) is 0 Å². The van der Waals surface area contributed by atoms with Crippen molar-refractivity contribution in [3.8, 4) is 22.3 Å². The van der Waals surface area contributed by atoms with E-state index in [2.05, 4.69) is 327 Å².